The number of hydrogen-bond acceptors (Lipinski definition) is 3. The molecule has 0 amide bonds. The second kappa shape index (κ2) is 9.07. The SMILES string of the molecule is COc1ccc(C(=S)Nc2cc(C(F)(F)F)ccc2N2CC[C@H]3CCCC[C@@H]3C2)cc1. The average molecular weight is 449 g/mol. The van der Waals surface area contributed by atoms with Gasteiger partial charge in [-0.2, -0.15) is 13.2 Å². The molecule has 2 aliphatic rings. The van der Waals surface area contributed by atoms with Crippen LogP contribution >= 0.6 is 12.2 Å². The van der Waals surface area contributed by atoms with E-state index in [0.717, 1.165) is 36.7 Å². The van der Waals surface area contributed by atoms with Crippen molar-refractivity contribution in [2.75, 3.05) is 30.4 Å². The van der Waals surface area contributed by atoms with E-state index < -0.39 is 11.7 Å². The highest BCUT2D eigenvalue weighted by Gasteiger charge is 2.34. The number of ether oxygens (including phenoxy) is 1. The smallest absolute Gasteiger partial charge is 0.416 e. The summed E-state index contributed by atoms with van der Waals surface area (Å²) in [5.74, 6) is 2.06. The lowest BCUT2D eigenvalue weighted by molar-refractivity contribution is -0.137. The van der Waals surface area contributed by atoms with Crippen molar-refractivity contribution in [1.29, 1.82) is 0 Å². The topological polar surface area (TPSA) is 24.5 Å². The van der Waals surface area contributed by atoms with E-state index in [9.17, 15) is 13.2 Å². The first-order valence-corrected chi connectivity index (χ1v) is 11.2. The summed E-state index contributed by atoms with van der Waals surface area (Å²) >= 11 is 5.52. The van der Waals surface area contributed by atoms with Gasteiger partial charge in [0.1, 0.15) is 10.7 Å². The number of thiocarbonyl (C=S) groups is 1. The molecular formula is C24H27F3N2OS. The Bertz CT molecular complexity index is 929. The van der Waals surface area contributed by atoms with Crippen molar-refractivity contribution in [3.8, 4) is 5.75 Å². The summed E-state index contributed by atoms with van der Waals surface area (Å²) in [5, 5.41) is 3.10. The van der Waals surface area contributed by atoms with Crippen molar-refractivity contribution in [1.82, 2.24) is 0 Å². The van der Waals surface area contributed by atoms with Crippen LogP contribution in [0.4, 0.5) is 24.5 Å². The molecule has 2 aromatic carbocycles. The largest absolute Gasteiger partial charge is 0.497 e. The zero-order valence-corrected chi connectivity index (χ0v) is 18.4. The molecule has 0 aromatic heterocycles. The van der Waals surface area contributed by atoms with Crippen LogP contribution in [0.5, 0.6) is 5.75 Å². The quantitative estimate of drug-likeness (QED) is 0.539. The summed E-state index contributed by atoms with van der Waals surface area (Å²) in [5.41, 5.74) is 1.24. The van der Waals surface area contributed by atoms with Crippen LogP contribution in [0.25, 0.3) is 0 Å². The normalized spacial score (nSPS) is 21.4. The molecule has 0 bridgehead atoms. The van der Waals surface area contributed by atoms with Crippen molar-refractivity contribution >= 4 is 28.6 Å². The van der Waals surface area contributed by atoms with Gasteiger partial charge in [0.15, 0.2) is 0 Å². The van der Waals surface area contributed by atoms with Crippen molar-refractivity contribution in [3.63, 3.8) is 0 Å². The van der Waals surface area contributed by atoms with Gasteiger partial charge in [0.05, 0.1) is 24.0 Å². The molecule has 4 rings (SSSR count). The minimum atomic E-state index is -4.41. The maximum Gasteiger partial charge on any atom is 0.416 e. The summed E-state index contributed by atoms with van der Waals surface area (Å²) in [6.07, 6.45) is 1.70. The lowest BCUT2D eigenvalue weighted by Gasteiger charge is -2.43. The number of hydrogen-bond donors (Lipinski definition) is 1. The number of nitrogens with one attached hydrogen (secondary N) is 1. The molecule has 1 heterocycles. The Kier molecular flexibility index (Phi) is 6.42. The molecule has 166 valence electrons. The lowest BCUT2D eigenvalue weighted by Crippen LogP contribution is -2.42. The van der Waals surface area contributed by atoms with Gasteiger partial charge in [0.2, 0.25) is 0 Å². The fourth-order valence-electron chi connectivity index (χ4n) is 4.84. The molecule has 1 aliphatic carbocycles. The van der Waals surface area contributed by atoms with Gasteiger partial charge in [-0.25, -0.2) is 0 Å². The molecule has 2 aromatic rings. The van der Waals surface area contributed by atoms with Gasteiger partial charge >= 0.3 is 6.18 Å². The standard InChI is InChI=1S/C24H27F3N2OS/c1-30-20-9-6-17(7-10-20)23(31)28-21-14-19(24(25,26)27)8-11-22(21)29-13-12-16-4-2-3-5-18(16)15-29/h6-11,14,16,18H,2-5,12-13,15H2,1H3,(H,28,31)/t16-,18-/m1/s1. The number of alkyl halides is 3. The van der Waals surface area contributed by atoms with Gasteiger partial charge in [-0.15, -0.1) is 0 Å². The Morgan fingerprint density at radius 3 is 2.42 bits per heavy atom. The molecule has 1 saturated carbocycles. The Labute approximate surface area is 186 Å². The van der Waals surface area contributed by atoms with E-state index in [-0.39, 0.29) is 0 Å². The fourth-order valence-corrected chi connectivity index (χ4v) is 5.09. The summed E-state index contributed by atoms with van der Waals surface area (Å²) in [7, 11) is 1.58. The Balaban J connectivity index is 1.61. The molecule has 31 heavy (non-hydrogen) atoms. The number of anilines is 2. The molecule has 1 N–H and O–H groups in total. The highest BCUT2D eigenvalue weighted by atomic mass is 32.1. The highest BCUT2D eigenvalue weighted by molar-refractivity contribution is 7.81. The molecule has 0 unspecified atom stereocenters. The van der Waals surface area contributed by atoms with E-state index in [1.807, 2.05) is 0 Å². The number of methoxy groups -OCH3 is 1. The number of piperidine rings is 1. The van der Waals surface area contributed by atoms with Crippen LogP contribution in [-0.2, 0) is 6.18 Å². The zero-order chi connectivity index (χ0) is 22.0. The van der Waals surface area contributed by atoms with Crippen molar-refractivity contribution in [2.45, 2.75) is 38.3 Å². The van der Waals surface area contributed by atoms with E-state index in [2.05, 4.69) is 10.2 Å². The molecule has 1 saturated heterocycles. The first-order chi connectivity index (χ1) is 14.8. The first kappa shape index (κ1) is 21.9. The van der Waals surface area contributed by atoms with E-state index in [0.29, 0.717) is 22.3 Å². The molecule has 0 spiro atoms. The van der Waals surface area contributed by atoms with E-state index in [1.165, 1.54) is 37.8 Å². The lowest BCUT2D eigenvalue weighted by atomic mass is 9.75. The molecule has 2 fully saturated rings. The van der Waals surface area contributed by atoms with Crippen molar-refractivity contribution in [3.05, 3.63) is 53.6 Å². The highest BCUT2D eigenvalue weighted by Crippen LogP contribution is 2.41. The predicted octanol–water partition coefficient (Wildman–Crippen LogP) is 6.52. The maximum absolute atomic E-state index is 13.4. The molecule has 2 atom stereocenters. The number of fused-ring (bicyclic) bond motifs is 1. The molecule has 0 radical (unpaired) electrons. The number of benzene rings is 2. The zero-order valence-electron chi connectivity index (χ0n) is 17.5. The van der Waals surface area contributed by atoms with Crippen LogP contribution in [0.2, 0.25) is 0 Å². The summed E-state index contributed by atoms with van der Waals surface area (Å²) in [4.78, 5) is 2.61. The van der Waals surface area contributed by atoms with Crippen molar-refractivity contribution < 1.29 is 17.9 Å². The molecule has 7 heteroatoms. The van der Waals surface area contributed by atoms with Crippen molar-refractivity contribution in [2.24, 2.45) is 11.8 Å². The van der Waals surface area contributed by atoms with Gasteiger partial charge < -0.3 is 15.0 Å². The second-order valence-electron chi connectivity index (χ2n) is 8.45. The summed E-state index contributed by atoms with van der Waals surface area (Å²) < 4.78 is 45.4. The van der Waals surface area contributed by atoms with Crippen LogP contribution in [0.1, 0.15) is 43.2 Å². The number of rotatable bonds is 4. The van der Waals surface area contributed by atoms with Crippen LogP contribution in [0, 0.1) is 11.8 Å². The molecule has 1 aliphatic heterocycles. The van der Waals surface area contributed by atoms with Gasteiger partial charge in [0, 0.05) is 18.7 Å². The second-order valence-corrected chi connectivity index (χ2v) is 8.86. The maximum atomic E-state index is 13.4. The van der Waals surface area contributed by atoms with Crippen LogP contribution in [0.15, 0.2) is 42.5 Å². The van der Waals surface area contributed by atoms with E-state index >= 15 is 0 Å². The third-order valence-electron chi connectivity index (χ3n) is 6.56. The van der Waals surface area contributed by atoms with E-state index in [1.54, 1.807) is 37.4 Å². The monoisotopic (exact) mass is 448 g/mol. The van der Waals surface area contributed by atoms with Gasteiger partial charge in [-0.05, 0) is 67.1 Å². The van der Waals surface area contributed by atoms with Crippen LogP contribution in [0.3, 0.4) is 0 Å². The Morgan fingerprint density at radius 1 is 1.03 bits per heavy atom. The predicted molar refractivity (Wildman–Crippen MR) is 122 cm³/mol. The fraction of sp³-hybridized carbons (Fsp3) is 0.458. The van der Waals surface area contributed by atoms with Crippen LogP contribution in [-0.4, -0.2) is 25.2 Å². The minimum absolute atomic E-state index is 0.385. The Hall–Kier alpha value is -2.28. The first-order valence-electron chi connectivity index (χ1n) is 10.8. The van der Waals surface area contributed by atoms with Gasteiger partial charge in [-0.3, -0.25) is 0 Å². The minimum Gasteiger partial charge on any atom is -0.497 e. The van der Waals surface area contributed by atoms with Crippen LogP contribution < -0.4 is 15.0 Å². The number of halogens is 3. The van der Waals surface area contributed by atoms with E-state index in [4.69, 9.17) is 17.0 Å². The third-order valence-corrected chi connectivity index (χ3v) is 6.89. The summed E-state index contributed by atoms with van der Waals surface area (Å²) in [6, 6.07) is 11.1. The van der Waals surface area contributed by atoms with Gasteiger partial charge in [0.25, 0.3) is 0 Å². The summed E-state index contributed by atoms with van der Waals surface area (Å²) in [6.45, 7) is 1.75. The Morgan fingerprint density at radius 2 is 1.74 bits per heavy atom. The average Bonchev–Trinajstić information content (AvgIpc) is 2.78. The van der Waals surface area contributed by atoms with Gasteiger partial charge in [-0.1, -0.05) is 31.5 Å². The molecular weight excluding hydrogens is 421 g/mol. The molecule has 3 nitrogen and oxygen atoms in total. The third kappa shape index (κ3) is 4.97. The number of nitrogens with zero attached hydrogens (tertiary/aromatic N) is 1.